The van der Waals surface area contributed by atoms with Gasteiger partial charge in [0.1, 0.15) is 18.5 Å². The van der Waals surface area contributed by atoms with Crippen molar-refractivity contribution in [3.8, 4) is 5.75 Å². The minimum atomic E-state index is -0.526. The van der Waals surface area contributed by atoms with Crippen LogP contribution in [0.1, 0.15) is 49.9 Å². The molecule has 0 unspecified atom stereocenters. The number of hydrogen-bond acceptors (Lipinski definition) is 4. The molecule has 2 rings (SSSR count). The fourth-order valence-electron chi connectivity index (χ4n) is 2.94. The second-order valence-electron chi connectivity index (χ2n) is 6.32. The Bertz CT molecular complexity index is 472. The molecule has 0 aromatic heterocycles. The molecule has 4 heteroatoms. The molecule has 1 aromatic carbocycles. The summed E-state index contributed by atoms with van der Waals surface area (Å²) in [7, 11) is 0. The third kappa shape index (κ3) is 5.11. The minimum absolute atomic E-state index is 0.0392. The molecule has 122 valence electrons. The van der Waals surface area contributed by atoms with Crippen LogP contribution in [0.5, 0.6) is 5.75 Å². The molecule has 22 heavy (non-hydrogen) atoms. The molecule has 1 saturated carbocycles. The van der Waals surface area contributed by atoms with Gasteiger partial charge in [-0.1, -0.05) is 19.8 Å². The Morgan fingerprint density at radius 3 is 2.64 bits per heavy atom. The summed E-state index contributed by atoms with van der Waals surface area (Å²) in [5.74, 6) is 1.40. The molecule has 0 radical (unpaired) electrons. The summed E-state index contributed by atoms with van der Waals surface area (Å²) in [5, 5.41) is 13.5. The first-order valence-corrected chi connectivity index (χ1v) is 8.21. The fraction of sp³-hybridized carbons (Fsp3) is 0.611. The van der Waals surface area contributed by atoms with Crippen LogP contribution in [0.3, 0.4) is 0 Å². The second kappa shape index (κ2) is 8.30. The molecule has 0 heterocycles. The van der Waals surface area contributed by atoms with Crippen LogP contribution >= 0.6 is 0 Å². The molecule has 1 aliphatic carbocycles. The van der Waals surface area contributed by atoms with Crippen molar-refractivity contribution >= 4 is 5.78 Å². The minimum Gasteiger partial charge on any atom is -0.491 e. The highest BCUT2D eigenvalue weighted by atomic mass is 16.5. The zero-order chi connectivity index (χ0) is 15.9. The van der Waals surface area contributed by atoms with Gasteiger partial charge < -0.3 is 15.2 Å². The quantitative estimate of drug-likeness (QED) is 0.761. The normalized spacial score (nSPS) is 23.0. The number of rotatable bonds is 7. The highest BCUT2D eigenvalue weighted by molar-refractivity contribution is 5.94. The standard InChI is InChI=1S/C18H27NO3/c1-13-5-3-4-6-18(13)19-11-16(21)12-22-17-9-7-15(8-10-17)14(2)20/h7-10,13,16,18-19,21H,3-6,11-12H2,1-2H3/t13-,16-,18+/m1/s1. The third-order valence-corrected chi connectivity index (χ3v) is 4.43. The first-order valence-electron chi connectivity index (χ1n) is 8.21. The van der Waals surface area contributed by atoms with Crippen molar-refractivity contribution in [3.63, 3.8) is 0 Å². The molecule has 1 aliphatic rings. The van der Waals surface area contributed by atoms with E-state index in [1.54, 1.807) is 24.3 Å². The van der Waals surface area contributed by atoms with Gasteiger partial charge in [0, 0.05) is 18.2 Å². The van der Waals surface area contributed by atoms with E-state index >= 15 is 0 Å². The summed E-state index contributed by atoms with van der Waals surface area (Å²) in [6.45, 7) is 4.63. The van der Waals surface area contributed by atoms with Crippen LogP contribution in [-0.4, -0.2) is 36.2 Å². The van der Waals surface area contributed by atoms with E-state index in [1.807, 2.05) is 0 Å². The number of aliphatic hydroxyl groups is 1. The zero-order valence-electron chi connectivity index (χ0n) is 13.5. The molecule has 0 bridgehead atoms. The van der Waals surface area contributed by atoms with E-state index in [4.69, 9.17) is 4.74 Å². The molecule has 2 N–H and O–H groups in total. The summed E-state index contributed by atoms with van der Waals surface area (Å²) in [4.78, 5) is 11.2. The molecule has 0 aliphatic heterocycles. The molecule has 0 spiro atoms. The molecule has 1 fully saturated rings. The average molecular weight is 305 g/mol. The van der Waals surface area contributed by atoms with Gasteiger partial charge in [-0.2, -0.15) is 0 Å². The number of nitrogens with one attached hydrogen (secondary N) is 1. The summed E-state index contributed by atoms with van der Waals surface area (Å²) in [5.41, 5.74) is 0.667. The predicted octanol–water partition coefficient (Wildman–Crippen LogP) is 2.80. The van der Waals surface area contributed by atoms with Crippen LogP contribution in [0.4, 0.5) is 0 Å². The van der Waals surface area contributed by atoms with Crippen molar-refractivity contribution in [1.82, 2.24) is 5.32 Å². The molecule has 3 atom stereocenters. The van der Waals surface area contributed by atoms with Gasteiger partial charge in [0.05, 0.1) is 0 Å². The van der Waals surface area contributed by atoms with Crippen molar-refractivity contribution in [2.45, 2.75) is 51.7 Å². The van der Waals surface area contributed by atoms with E-state index < -0.39 is 6.10 Å². The second-order valence-corrected chi connectivity index (χ2v) is 6.32. The fourth-order valence-corrected chi connectivity index (χ4v) is 2.94. The van der Waals surface area contributed by atoms with Gasteiger partial charge in [-0.15, -0.1) is 0 Å². The van der Waals surface area contributed by atoms with E-state index in [-0.39, 0.29) is 12.4 Å². The van der Waals surface area contributed by atoms with E-state index in [0.717, 1.165) is 0 Å². The summed E-state index contributed by atoms with van der Waals surface area (Å²) >= 11 is 0. The lowest BCUT2D eigenvalue weighted by molar-refractivity contribution is 0.0982. The lowest BCUT2D eigenvalue weighted by Gasteiger charge is -2.30. The first-order chi connectivity index (χ1) is 10.6. The summed E-state index contributed by atoms with van der Waals surface area (Å²) in [6.07, 6.45) is 4.54. The first kappa shape index (κ1) is 17.0. The number of hydrogen-bond donors (Lipinski definition) is 2. The van der Waals surface area contributed by atoms with E-state index in [9.17, 15) is 9.90 Å². The van der Waals surface area contributed by atoms with Gasteiger partial charge >= 0.3 is 0 Å². The van der Waals surface area contributed by atoms with Crippen LogP contribution in [0.2, 0.25) is 0 Å². The number of ether oxygens (including phenoxy) is 1. The molecular weight excluding hydrogens is 278 g/mol. The lowest BCUT2D eigenvalue weighted by atomic mass is 9.86. The van der Waals surface area contributed by atoms with Crippen LogP contribution in [0.15, 0.2) is 24.3 Å². The number of ketones is 1. The Morgan fingerprint density at radius 1 is 1.32 bits per heavy atom. The number of carbonyl (C=O) groups excluding carboxylic acids is 1. The maximum Gasteiger partial charge on any atom is 0.159 e. The Morgan fingerprint density at radius 2 is 2.00 bits per heavy atom. The van der Waals surface area contributed by atoms with Gasteiger partial charge in [0.15, 0.2) is 5.78 Å². The van der Waals surface area contributed by atoms with Crippen molar-refractivity contribution < 1.29 is 14.6 Å². The Hall–Kier alpha value is -1.39. The third-order valence-electron chi connectivity index (χ3n) is 4.43. The predicted molar refractivity (Wildman–Crippen MR) is 87.4 cm³/mol. The largest absolute Gasteiger partial charge is 0.491 e. The van der Waals surface area contributed by atoms with Crippen LogP contribution in [0, 0.1) is 5.92 Å². The van der Waals surface area contributed by atoms with Crippen LogP contribution < -0.4 is 10.1 Å². The molecule has 4 nitrogen and oxygen atoms in total. The molecule has 1 aromatic rings. The Balaban J connectivity index is 1.70. The smallest absolute Gasteiger partial charge is 0.159 e. The number of benzene rings is 1. The van der Waals surface area contributed by atoms with Crippen molar-refractivity contribution in [2.24, 2.45) is 5.92 Å². The maximum atomic E-state index is 11.2. The lowest BCUT2D eigenvalue weighted by Crippen LogP contribution is -2.42. The van der Waals surface area contributed by atoms with Gasteiger partial charge in [-0.25, -0.2) is 0 Å². The Labute approximate surface area is 132 Å². The topological polar surface area (TPSA) is 58.6 Å². The van der Waals surface area contributed by atoms with Crippen molar-refractivity contribution in [2.75, 3.05) is 13.2 Å². The van der Waals surface area contributed by atoms with Gasteiger partial charge in [-0.05, 0) is 49.9 Å². The summed E-state index contributed by atoms with van der Waals surface area (Å²) in [6, 6.07) is 7.52. The molecule has 0 amide bonds. The highest BCUT2D eigenvalue weighted by Gasteiger charge is 2.21. The van der Waals surface area contributed by atoms with Crippen LogP contribution in [0.25, 0.3) is 0 Å². The van der Waals surface area contributed by atoms with Crippen molar-refractivity contribution in [3.05, 3.63) is 29.8 Å². The Kier molecular flexibility index (Phi) is 6.40. The van der Waals surface area contributed by atoms with E-state index in [1.165, 1.54) is 32.6 Å². The molecule has 0 saturated heterocycles. The number of Topliss-reactive ketones (excluding diaryl/α,β-unsaturated/α-hetero) is 1. The average Bonchev–Trinajstić information content (AvgIpc) is 2.52. The SMILES string of the molecule is CC(=O)c1ccc(OC[C@H](O)CN[C@H]2CCCC[C@H]2C)cc1. The van der Waals surface area contributed by atoms with Crippen molar-refractivity contribution in [1.29, 1.82) is 0 Å². The van der Waals surface area contributed by atoms with E-state index in [2.05, 4.69) is 12.2 Å². The highest BCUT2D eigenvalue weighted by Crippen LogP contribution is 2.23. The number of aliphatic hydroxyl groups excluding tert-OH is 1. The van der Waals surface area contributed by atoms with E-state index in [0.29, 0.717) is 29.8 Å². The summed E-state index contributed by atoms with van der Waals surface area (Å²) < 4.78 is 5.57. The molecular formula is C18H27NO3. The van der Waals surface area contributed by atoms with Crippen LogP contribution in [-0.2, 0) is 0 Å². The zero-order valence-corrected chi connectivity index (χ0v) is 13.5. The van der Waals surface area contributed by atoms with Gasteiger partial charge in [0.2, 0.25) is 0 Å². The van der Waals surface area contributed by atoms with Gasteiger partial charge in [0.25, 0.3) is 0 Å². The number of carbonyl (C=O) groups is 1. The monoisotopic (exact) mass is 305 g/mol. The maximum absolute atomic E-state index is 11.2. The van der Waals surface area contributed by atoms with Gasteiger partial charge in [-0.3, -0.25) is 4.79 Å².